The van der Waals surface area contributed by atoms with E-state index in [-0.39, 0.29) is 10.7 Å². The number of carbonyl (C=O) groups is 2. The molecule has 0 atom stereocenters. The van der Waals surface area contributed by atoms with Crippen LogP contribution in [0.4, 0.5) is 5.69 Å². The molecule has 1 aliphatic heterocycles. The van der Waals surface area contributed by atoms with Gasteiger partial charge in [-0.25, -0.2) is 0 Å². The van der Waals surface area contributed by atoms with Crippen molar-refractivity contribution in [1.29, 1.82) is 0 Å². The van der Waals surface area contributed by atoms with E-state index in [9.17, 15) is 9.59 Å². The van der Waals surface area contributed by atoms with E-state index >= 15 is 0 Å². The van der Waals surface area contributed by atoms with Crippen molar-refractivity contribution in [3.05, 3.63) is 57.8 Å². The number of rotatable bonds is 3. The molecule has 0 aliphatic carbocycles. The largest absolute Gasteiger partial charge is 0.298 e. The highest BCUT2D eigenvalue weighted by molar-refractivity contribution is 7.80. The van der Waals surface area contributed by atoms with Gasteiger partial charge in [-0.15, -0.1) is 11.3 Å². The maximum atomic E-state index is 12.8. The van der Waals surface area contributed by atoms with Gasteiger partial charge in [0, 0.05) is 4.88 Å². The number of hydrogen-bond acceptors (Lipinski definition) is 4. The van der Waals surface area contributed by atoms with Crippen molar-refractivity contribution in [3.8, 4) is 0 Å². The Morgan fingerprint density at radius 3 is 2.46 bits per heavy atom. The number of amides is 2. The summed E-state index contributed by atoms with van der Waals surface area (Å²) in [5, 5.41) is 4.59. The van der Waals surface area contributed by atoms with Crippen molar-refractivity contribution in [3.63, 3.8) is 0 Å². The van der Waals surface area contributed by atoms with Crippen molar-refractivity contribution in [1.82, 2.24) is 5.32 Å². The minimum atomic E-state index is -0.464. The van der Waals surface area contributed by atoms with Gasteiger partial charge in [0.25, 0.3) is 11.8 Å². The summed E-state index contributed by atoms with van der Waals surface area (Å²) >= 11 is 6.66. The molecule has 1 aromatic heterocycles. The van der Waals surface area contributed by atoms with Crippen LogP contribution in [0, 0.1) is 0 Å². The minimum Gasteiger partial charge on any atom is -0.298 e. The molecule has 6 heteroatoms. The van der Waals surface area contributed by atoms with Gasteiger partial charge in [-0.2, -0.15) is 0 Å². The summed E-state index contributed by atoms with van der Waals surface area (Å²) in [6, 6.07) is 11.4. The van der Waals surface area contributed by atoms with Crippen LogP contribution in [0.15, 0.2) is 47.4 Å². The zero-order chi connectivity index (χ0) is 17.3. The van der Waals surface area contributed by atoms with Crippen LogP contribution in [0.25, 0.3) is 6.08 Å². The van der Waals surface area contributed by atoms with E-state index in [1.165, 1.54) is 21.8 Å². The smallest absolute Gasteiger partial charge is 0.270 e. The molecular formula is C18H16N2O2S2. The third-order valence-corrected chi connectivity index (χ3v) is 4.85. The van der Waals surface area contributed by atoms with Crippen molar-refractivity contribution in [2.75, 3.05) is 4.90 Å². The first-order chi connectivity index (χ1) is 11.5. The van der Waals surface area contributed by atoms with Crippen molar-refractivity contribution < 1.29 is 9.59 Å². The average molecular weight is 356 g/mol. The maximum absolute atomic E-state index is 12.8. The van der Waals surface area contributed by atoms with Crippen LogP contribution in [0.1, 0.15) is 30.2 Å². The van der Waals surface area contributed by atoms with Crippen molar-refractivity contribution in [2.45, 2.75) is 19.8 Å². The lowest BCUT2D eigenvalue weighted by molar-refractivity contribution is -0.122. The predicted molar refractivity (Wildman–Crippen MR) is 101 cm³/mol. The summed E-state index contributed by atoms with van der Waals surface area (Å²) in [5.74, 6) is -0.472. The first kappa shape index (κ1) is 16.5. The molecule has 1 saturated heterocycles. The summed E-state index contributed by atoms with van der Waals surface area (Å²) in [5.41, 5.74) is 1.90. The lowest BCUT2D eigenvalue weighted by Gasteiger charge is -2.29. The van der Waals surface area contributed by atoms with Gasteiger partial charge in [0.1, 0.15) is 5.57 Å². The zero-order valence-electron chi connectivity index (χ0n) is 13.3. The highest BCUT2D eigenvalue weighted by Gasteiger charge is 2.34. The van der Waals surface area contributed by atoms with Crippen LogP contribution in [0.3, 0.4) is 0 Å². The van der Waals surface area contributed by atoms with Crippen molar-refractivity contribution in [2.24, 2.45) is 0 Å². The summed E-state index contributed by atoms with van der Waals surface area (Å²) < 4.78 is 0. The molecule has 3 rings (SSSR count). The molecule has 0 spiro atoms. The second-order valence-electron chi connectivity index (χ2n) is 5.72. The summed E-state index contributed by atoms with van der Waals surface area (Å²) in [6.07, 6.45) is 1.60. The number of benzene rings is 1. The highest BCUT2D eigenvalue weighted by atomic mass is 32.1. The molecule has 4 nitrogen and oxygen atoms in total. The maximum Gasteiger partial charge on any atom is 0.270 e. The Balaban J connectivity index is 1.96. The van der Waals surface area contributed by atoms with Gasteiger partial charge in [-0.1, -0.05) is 32.0 Å². The van der Waals surface area contributed by atoms with E-state index in [2.05, 4.69) is 19.2 Å². The fraction of sp³-hybridized carbons (Fsp3) is 0.167. The number of thiophene rings is 1. The molecule has 2 amide bonds. The first-order valence-electron chi connectivity index (χ1n) is 7.52. The number of thiocarbonyl (C=S) groups is 1. The Labute approximate surface area is 149 Å². The Hall–Kier alpha value is -2.31. The molecule has 1 aromatic carbocycles. The average Bonchev–Trinajstić information content (AvgIpc) is 3.05. The van der Waals surface area contributed by atoms with E-state index in [4.69, 9.17) is 12.2 Å². The molecule has 0 unspecified atom stereocenters. The Morgan fingerprint density at radius 2 is 1.88 bits per heavy atom. The van der Waals surface area contributed by atoms with Crippen LogP contribution in [-0.4, -0.2) is 16.9 Å². The molecule has 0 radical (unpaired) electrons. The third kappa shape index (κ3) is 3.16. The van der Waals surface area contributed by atoms with Gasteiger partial charge in [-0.3, -0.25) is 19.8 Å². The number of nitrogens with zero attached hydrogens (tertiary/aromatic N) is 1. The van der Waals surface area contributed by atoms with E-state index < -0.39 is 11.8 Å². The zero-order valence-corrected chi connectivity index (χ0v) is 14.9. The lowest BCUT2D eigenvalue weighted by Crippen LogP contribution is -2.54. The number of hydrogen-bond donors (Lipinski definition) is 1. The SMILES string of the molecule is CC(C)c1ccc(N2C(=O)C(=Cc3cccs3)C(=O)NC2=S)cc1. The second-order valence-corrected chi connectivity index (χ2v) is 7.09. The molecule has 2 heterocycles. The van der Waals surface area contributed by atoms with Crippen LogP contribution in [0.2, 0.25) is 0 Å². The van der Waals surface area contributed by atoms with Gasteiger partial charge in [-0.05, 0) is 53.4 Å². The van der Waals surface area contributed by atoms with E-state index in [1.54, 1.807) is 6.08 Å². The fourth-order valence-electron chi connectivity index (χ4n) is 2.42. The summed E-state index contributed by atoms with van der Waals surface area (Å²) in [6.45, 7) is 4.21. The topological polar surface area (TPSA) is 49.4 Å². The molecule has 0 saturated carbocycles. The Bertz CT molecular complexity index is 821. The summed E-state index contributed by atoms with van der Waals surface area (Å²) in [7, 11) is 0. The van der Waals surface area contributed by atoms with Crippen LogP contribution >= 0.6 is 23.6 Å². The number of anilines is 1. The third-order valence-electron chi connectivity index (χ3n) is 3.75. The molecular weight excluding hydrogens is 340 g/mol. The van der Waals surface area contributed by atoms with Gasteiger partial charge < -0.3 is 0 Å². The van der Waals surface area contributed by atoms with Gasteiger partial charge in [0.05, 0.1) is 5.69 Å². The molecule has 0 bridgehead atoms. The number of nitrogens with one attached hydrogen (secondary N) is 1. The van der Waals surface area contributed by atoms with Crippen LogP contribution in [-0.2, 0) is 9.59 Å². The lowest BCUT2D eigenvalue weighted by atomic mass is 10.0. The van der Waals surface area contributed by atoms with Crippen LogP contribution in [0.5, 0.6) is 0 Å². The summed E-state index contributed by atoms with van der Waals surface area (Å²) in [4.78, 5) is 27.2. The van der Waals surface area contributed by atoms with Gasteiger partial charge in [0.15, 0.2) is 5.11 Å². The number of carbonyl (C=O) groups excluding carboxylic acids is 2. The van der Waals surface area contributed by atoms with Crippen molar-refractivity contribution >= 4 is 52.2 Å². The quantitative estimate of drug-likeness (QED) is 0.518. The highest BCUT2D eigenvalue weighted by Crippen LogP contribution is 2.25. The fourth-order valence-corrected chi connectivity index (χ4v) is 3.35. The molecule has 1 fully saturated rings. The molecule has 24 heavy (non-hydrogen) atoms. The standard InChI is InChI=1S/C18H16N2O2S2/c1-11(2)12-5-7-13(8-6-12)20-17(22)15(16(21)19-18(20)23)10-14-4-3-9-24-14/h3-11H,1-2H3,(H,19,21,23). The molecule has 1 N–H and O–H groups in total. The first-order valence-corrected chi connectivity index (χ1v) is 8.81. The molecule has 122 valence electrons. The molecule has 2 aromatic rings. The predicted octanol–water partition coefficient (Wildman–Crippen LogP) is 3.70. The second kappa shape index (κ2) is 6.67. The van der Waals surface area contributed by atoms with E-state index in [0.717, 1.165) is 4.88 Å². The van der Waals surface area contributed by atoms with Gasteiger partial charge >= 0.3 is 0 Å². The van der Waals surface area contributed by atoms with Gasteiger partial charge in [0.2, 0.25) is 0 Å². The van der Waals surface area contributed by atoms with E-state index in [1.807, 2.05) is 41.8 Å². The Morgan fingerprint density at radius 1 is 1.17 bits per heavy atom. The molecule has 1 aliphatic rings. The normalized spacial score (nSPS) is 16.9. The minimum absolute atomic E-state index is 0.0824. The van der Waals surface area contributed by atoms with E-state index in [0.29, 0.717) is 11.6 Å². The van der Waals surface area contributed by atoms with Crippen LogP contribution < -0.4 is 10.2 Å². The monoisotopic (exact) mass is 356 g/mol. The Kier molecular flexibility index (Phi) is 4.59.